The molecule has 6 heteroatoms. The lowest BCUT2D eigenvalue weighted by molar-refractivity contribution is -0.116. The molecule has 3 rings (SSSR count). The van der Waals surface area contributed by atoms with Gasteiger partial charge in [0.05, 0.1) is 11.4 Å². The number of rotatable bonds is 7. The molecule has 1 saturated heterocycles. The number of hydrogen-bond donors (Lipinski definition) is 2. The van der Waals surface area contributed by atoms with E-state index >= 15 is 0 Å². The smallest absolute Gasteiger partial charge is 0.251 e. The number of anilines is 2. The van der Waals surface area contributed by atoms with Gasteiger partial charge in [-0.3, -0.25) is 9.59 Å². The fourth-order valence-electron chi connectivity index (χ4n) is 3.20. The maximum atomic E-state index is 12.3. The van der Waals surface area contributed by atoms with E-state index in [0.717, 1.165) is 37.3 Å². The highest BCUT2D eigenvalue weighted by molar-refractivity contribution is 6.31. The van der Waals surface area contributed by atoms with Crippen LogP contribution in [0.3, 0.4) is 0 Å². The Kier molecular flexibility index (Phi) is 6.71. The van der Waals surface area contributed by atoms with Crippen molar-refractivity contribution in [2.45, 2.75) is 25.7 Å². The molecule has 1 aliphatic rings. The Hall–Kier alpha value is -2.53. The maximum Gasteiger partial charge on any atom is 0.251 e. The molecule has 0 radical (unpaired) electrons. The highest BCUT2D eigenvalue weighted by Gasteiger charge is 2.17. The first-order valence-corrected chi connectivity index (χ1v) is 9.69. The van der Waals surface area contributed by atoms with Gasteiger partial charge in [-0.1, -0.05) is 29.8 Å². The standard InChI is InChI=1S/C21H24ClN3O2/c22-17-10-11-19(25-13-4-5-14-25)18(15-17)24-20(26)9-6-12-23-21(27)16-7-2-1-3-8-16/h1-3,7-8,10-11,15H,4-6,9,12-14H2,(H,23,27)(H,24,26). The normalized spacial score (nSPS) is 13.4. The minimum Gasteiger partial charge on any atom is -0.370 e. The molecule has 1 aliphatic heterocycles. The highest BCUT2D eigenvalue weighted by Crippen LogP contribution is 2.31. The molecule has 142 valence electrons. The van der Waals surface area contributed by atoms with E-state index in [1.54, 1.807) is 18.2 Å². The summed E-state index contributed by atoms with van der Waals surface area (Å²) in [5.74, 6) is -0.200. The van der Waals surface area contributed by atoms with Gasteiger partial charge in [0.15, 0.2) is 0 Å². The van der Waals surface area contributed by atoms with Gasteiger partial charge in [0.2, 0.25) is 5.91 Å². The monoisotopic (exact) mass is 385 g/mol. The highest BCUT2D eigenvalue weighted by atomic mass is 35.5. The topological polar surface area (TPSA) is 61.4 Å². The van der Waals surface area contributed by atoms with Crippen molar-refractivity contribution in [2.24, 2.45) is 0 Å². The molecule has 2 aromatic rings. The van der Waals surface area contributed by atoms with Crippen LogP contribution in [0.15, 0.2) is 48.5 Å². The fourth-order valence-corrected chi connectivity index (χ4v) is 3.37. The van der Waals surface area contributed by atoms with E-state index < -0.39 is 0 Å². The summed E-state index contributed by atoms with van der Waals surface area (Å²) in [6, 6.07) is 14.7. The number of carbonyl (C=O) groups is 2. The zero-order valence-electron chi connectivity index (χ0n) is 15.2. The Labute approximate surface area is 164 Å². The number of halogens is 1. The van der Waals surface area contributed by atoms with Crippen LogP contribution in [0.1, 0.15) is 36.0 Å². The molecular weight excluding hydrogens is 362 g/mol. The van der Waals surface area contributed by atoms with Gasteiger partial charge in [-0.2, -0.15) is 0 Å². The van der Waals surface area contributed by atoms with E-state index in [0.29, 0.717) is 30.0 Å². The van der Waals surface area contributed by atoms with Gasteiger partial charge < -0.3 is 15.5 Å². The second-order valence-corrected chi connectivity index (χ2v) is 7.07. The van der Waals surface area contributed by atoms with E-state index in [1.807, 2.05) is 30.3 Å². The Morgan fingerprint density at radius 3 is 2.52 bits per heavy atom. The van der Waals surface area contributed by atoms with Crippen LogP contribution in [0.5, 0.6) is 0 Å². The Balaban J connectivity index is 1.48. The van der Waals surface area contributed by atoms with Crippen LogP contribution in [0.4, 0.5) is 11.4 Å². The average molecular weight is 386 g/mol. The largest absolute Gasteiger partial charge is 0.370 e. The van der Waals surface area contributed by atoms with Crippen LogP contribution in [-0.2, 0) is 4.79 Å². The van der Waals surface area contributed by atoms with Gasteiger partial charge in [0.25, 0.3) is 5.91 Å². The molecule has 0 atom stereocenters. The van der Waals surface area contributed by atoms with E-state index in [1.165, 1.54) is 0 Å². The van der Waals surface area contributed by atoms with Crippen LogP contribution in [0, 0.1) is 0 Å². The maximum absolute atomic E-state index is 12.3. The van der Waals surface area contributed by atoms with E-state index in [4.69, 9.17) is 11.6 Å². The second kappa shape index (κ2) is 9.42. The summed E-state index contributed by atoms with van der Waals surface area (Å²) in [5.41, 5.74) is 2.39. The van der Waals surface area contributed by atoms with Gasteiger partial charge in [-0.15, -0.1) is 0 Å². The molecule has 1 heterocycles. The number of nitrogens with one attached hydrogen (secondary N) is 2. The first-order chi connectivity index (χ1) is 13.1. The lowest BCUT2D eigenvalue weighted by Gasteiger charge is -2.22. The van der Waals surface area contributed by atoms with Crippen molar-refractivity contribution >= 4 is 34.8 Å². The minimum absolute atomic E-state index is 0.0772. The van der Waals surface area contributed by atoms with E-state index in [2.05, 4.69) is 15.5 Å². The SMILES string of the molecule is O=C(CCCNC(=O)c1ccccc1)Nc1cc(Cl)ccc1N1CCCC1. The molecule has 0 saturated carbocycles. The Bertz CT molecular complexity index is 789. The van der Waals surface area contributed by atoms with Crippen molar-refractivity contribution in [1.82, 2.24) is 5.32 Å². The molecule has 0 aliphatic carbocycles. The zero-order chi connectivity index (χ0) is 19.1. The number of benzene rings is 2. The molecule has 0 aromatic heterocycles. The third-order valence-corrected chi connectivity index (χ3v) is 4.82. The van der Waals surface area contributed by atoms with Crippen LogP contribution in [0.2, 0.25) is 5.02 Å². The van der Waals surface area contributed by atoms with Crippen molar-refractivity contribution in [3.63, 3.8) is 0 Å². The molecule has 0 bridgehead atoms. The summed E-state index contributed by atoms with van der Waals surface area (Å²) in [6.07, 6.45) is 3.24. The van der Waals surface area contributed by atoms with Crippen molar-refractivity contribution in [3.05, 3.63) is 59.1 Å². The first kappa shape index (κ1) is 19.2. The predicted molar refractivity (Wildman–Crippen MR) is 110 cm³/mol. The molecular formula is C21H24ClN3O2. The third-order valence-electron chi connectivity index (χ3n) is 4.58. The lowest BCUT2D eigenvalue weighted by atomic mass is 10.2. The minimum atomic E-state index is -0.123. The van der Waals surface area contributed by atoms with Crippen molar-refractivity contribution < 1.29 is 9.59 Å². The number of hydrogen-bond acceptors (Lipinski definition) is 3. The molecule has 0 unspecified atom stereocenters. The van der Waals surface area contributed by atoms with Gasteiger partial charge in [0.1, 0.15) is 0 Å². The van der Waals surface area contributed by atoms with Crippen LogP contribution in [0.25, 0.3) is 0 Å². The second-order valence-electron chi connectivity index (χ2n) is 6.63. The average Bonchev–Trinajstić information content (AvgIpc) is 3.20. The zero-order valence-corrected chi connectivity index (χ0v) is 16.0. The predicted octanol–water partition coefficient (Wildman–Crippen LogP) is 4.09. The third kappa shape index (κ3) is 5.47. The Morgan fingerprint density at radius 2 is 1.78 bits per heavy atom. The van der Waals surface area contributed by atoms with Crippen molar-refractivity contribution in [3.8, 4) is 0 Å². The van der Waals surface area contributed by atoms with E-state index in [9.17, 15) is 9.59 Å². The van der Waals surface area contributed by atoms with Gasteiger partial charge in [0, 0.05) is 36.6 Å². The van der Waals surface area contributed by atoms with Crippen molar-refractivity contribution in [1.29, 1.82) is 0 Å². The molecule has 2 amide bonds. The van der Waals surface area contributed by atoms with Gasteiger partial charge in [-0.25, -0.2) is 0 Å². The molecule has 0 spiro atoms. The van der Waals surface area contributed by atoms with E-state index in [-0.39, 0.29) is 11.8 Å². The first-order valence-electron chi connectivity index (χ1n) is 9.31. The summed E-state index contributed by atoms with van der Waals surface area (Å²) < 4.78 is 0. The fraction of sp³-hybridized carbons (Fsp3) is 0.333. The number of nitrogens with zero attached hydrogens (tertiary/aromatic N) is 1. The molecule has 2 aromatic carbocycles. The van der Waals surface area contributed by atoms with Crippen LogP contribution < -0.4 is 15.5 Å². The quantitative estimate of drug-likeness (QED) is 0.705. The molecule has 27 heavy (non-hydrogen) atoms. The molecule has 1 fully saturated rings. The summed E-state index contributed by atoms with van der Waals surface area (Å²) in [7, 11) is 0. The number of carbonyl (C=O) groups excluding carboxylic acids is 2. The number of amides is 2. The molecule has 2 N–H and O–H groups in total. The van der Waals surface area contributed by atoms with Crippen LogP contribution >= 0.6 is 11.6 Å². The lowest BCUT2D eigenvalue weighted by Crippen LogP contribution is -2.25. The summed E-state index contributed by atoms with van der Waals surface area (Å²) in [4.78, 5) is 26.6. The van der Waals surface area contributed by atoms with Gasteiger partial charge in [-0.05, 0) is 49.6 Å². The van der Waals surface area contributed by atoms with Crippen LogP contribution in [-0.4, -0.2) is 31.4 Å². The molecule has 5 nitrogen and oxygen atoms in total. The summed E-state index contributed by atoms with van der Waals surface area (Å²) >= 11 is 6.11. The summed E-state index contributed by atoms with van der Waals surface area (Å²) in [5, 5.41) is 6.41. The Morgan fingerprint density at radius 1 is 1.04 bits per heavy atom. The van der Waals surface area contributed by atoms with Crippen molar-refractivity contribution in [2.75, 3.05) is 29.9 Å². The van der Waals surface area contributed by atoms with Gasteiger partial charge >= 0.3 is 0 Å². The summed E-state index contributed by atoms with van der Waals surface area (Å²) in [6.45, 7) is 2.45.